The van der Waals surface area contributed by atoms with Gasteiger partial charge in [0.25, 0.3) is 0 Å². The monoisotopic (exact) mass is 303 g/mol. The minimum atomic E-state index is 0.304. The predicted octanol–water partition coefficient (Wildman–Crippen LogP) is 2.13. The molecule has 1 saturated carbocycles. The topological polar surface area (TPSA) is 53.4 Å². The molecule has 5 nitrogen and oxygen atoms in total. The number of aliphatic imine (C=N–C) groups is 1. The van der Waals surface area contributed by atoms with Crippen LogP contribution in [0.15, 0.2) is 16.8 Å². The maximum atomic E-state index is 4.93. The highest BCUT2D eigenvalue weighted by Gasteiger charge is 2.32. The third-order valence-corrected chi connectivity index (χ3v) is 5.11. The number of piperazine rings is 1. The van der Waals surface area contributed by atoms with E-state index in [2.05, 4.69) is 34.5 Å². The molecule has 0 spiro atoms. The second-order valence-corrected chi connectivity index (χ2v) is 6.98. The molecule has 1 aliphatic carbocycles. The van der Waals surface area contributed by atoms with Gasteiger partial charge in [0.05, 0.1) is 6.04 Å². The minimum absolute atomic E-state index is 0.304. The van der Waals surface area contributed by atoms with Crippen molar-refractivity contribution >= 4 is 17.4 Å². The molecule has 1 aromatic heterocycles. The van der Waals surface area contributed by atoms with E-state index in [1.54, 1.807) is 0 Å². The molecule has 3 heterocycles. The highest BCUT2D eigenvalue weighted by Crippen LogP contribution is 2.39. The number of amidine groups is 1. The molecule has 1 saturated heterocycles. The standard InChI is InChI=1S/C15H21N5S/c1-9-3-6-12-10(2)16-7-8-20(12)14(17-9)15-18-13(19-21-15)11-4-5-11/h6,9-11,16H,3-5,7-8H2,1-2H3/t9-,10-/m1/s1. The molecule has 0 bridgehead atoms. The van der Waals surface area contributed by atoms with E-state index in [-0.39, 0.29) is 0 Å². The normalized spacial score (nSPS) is 29.5. The van der Waals surface area contributed by atoms with Crippen molar-refractivity contribution in [1.29, 1.82) is 0 Å². The zero-order valence-corrected chi connectivity index (χ0v) is 13.4. The lowest BCUT2D eigenvalue weighted by Gasteiger charge is -2.35. The van der Waals surface area contributed by atoms with Crippen LogP contribution in [0.5, 0.6) is 0 Å². The van der Waals surface area contributed by atoms with Crippen LogP contribution in [-0.2, 0) is 0 Å². The van der Waals surface area contributed by atoms with Crippen molar-refractivity contribution in [1.82, 2.24) is 19.6 Å². The van der Waals surface area contributed by atoms with Crippen molar-refractivity contribution in [2.45, 2.75) is 51.1 Å². The highest BCUT2D eigenvalue weighted by atomic mass is 32.1. The van der Waals surface area contributed by atoms with Crippen LogP contribution in [0, 0.1) is 0 Å². The van der Waals surface area contributed by atoms with Gasteiger partial charge >= 0.3 is 0 Å². The molecule has 6 heteroatoms. The van der Waals surface area contributed by atoms with Gasteiger partial charge in [0.1, 0.15) is 5.82 Å². The Morgan fingerprint density at radius 3 is 3.00 bits per heavy atom. The Hall–Kier alpha value is -1.27. The van der Waals surface area contributed by atoms with E-state index in [0.29, 0.717) is 18.0 Å². The SMILES string of the molecule is C[C@@H]1CC=C2[C@@H](C)NCCN2C(c2nc(C3CC3)ns2)=N1. The van der Waals surface area contributed by atoms with Gasteiger partial charge < -0.3 is 10.2 Å². The molecular weight excluding hydrogens is 282 g/mol. The number of hydrogen-bond donors (Lipinski definition) is 1. The van der Waals surface area contributed by atoms with Crippen molar-refractivity contribution in [2.75, 3.05) is 13.1 Å². The summed E-state index contributed by atoms with van der Waals surface area (Å²) in [6.07, 6.45) is 5.82. The summed E-state index contributed by atoms with van der Waals surface area (Å²) < 4.78 is 4.55. The van der Waals surface area contributed by atoms with E-state index in [1.807, 2.05) is 0 Å². The van der Waals surface area contributed by atoms with Gasteiger partial charge in [-0.15, -0.1) is 0 Å². The smallest absolute Gasteiger partial charge is 0.179 e. The fourth-order valence-electron chi connectivity index (χ4n) is 3.00. The molecule has 0 aromatic carbocycles. The molecule has 0 amide bonds. The van der Waals surface area contributed by atoms with Gasteiger partial charge in [0, 0.05) is 30.7 Å². The molecular formula is C15H21N5S. The summed E-state index contributed by atoms with van der Waals surface area (Å²) in [6, 6.07) is 0.684. The average Bonchev–Trinajstić information content (AvgIpc) is 3.24. The molecule has 2 aliphatic heterocycles. The van der Waals surface area contributed by atoms with E-state index in [4.69, 9.17) is 9.98 Å². The largest absolute Gasteiger partial charge is 0.325 e. The van der Waals surface area contributed by atoms with E-state index in [0.717, 1.165) is 36.2 Å². The summed E-state index contributed by atoms with van der Waals surface area (Å²) >= 11 is 1.51. The Morgan fingerprint density at radius 1 is 1.33 bits per heavy atom. The number of hydrogen-bond acceptors (Lipinski definition) is 6. The molecule has 0 radical (unpaired) electrons. The molecule has 2 atom stereocenters. The number of rotatable bonds is 2. The maximum absolute atomic E-state index is 4.93. The van der Waals surface area contributed by atoms with Crippen LogP contribution in [0.2, 0.25) is 0 Å². The fraction of sp³-hybridized carbons (Fsp3) is 0.667. The fourth-order valence-corrected chi connectivity index (χ4v) is 3.75. The van der Waals surface area contributed by atoms with E-state index in [9.17, 15) is 0 Å². The van der Waals surface area contributed by atoms with Gasteiger partial charge in [-0.25, -0.2) is 4.98 Å². The minimum Gasteiger partial charge on any atom is -0.325 e. The van der Waals surface area contributed by atoms with Crippen LogP contribution in [0.25, 0.3) is 0 Å². The molecule has 1 aromatic rings. The van der Waals surface area contributed by atoms with Gasteiger partial charge in [0.2, 0.25) is 0 Å². The van der Waals surface area contributed by atoms with Crippen molar-refractivity contribution in [3.05, 3.63) is 22.6 Å². The van der Waals surface area contributed by atoms with Crippen LogP contribution in [-0.4, -0.2) is 45.3 Å². The lowest BCUT2D eigenvalue weighted by molar-refractivity contribution is 0.375. The van der Waals surface area contributed by atoms with E-state index < -0.39 is 0 Å². The van der Waals surface area contributed by atoms with Gasteiger partial charge in [-0.1, -0.05) is 6.08 Å². The van der Waals surface area contributed by atoms with Crippen LogP contribution >= 0.6 is 11.5 Å². The molecule has 3 aliphatic rings. The lowest BCUT2D eigenvalue weighted by atomic mass is 10.1. The number of nitrogens with one attached hydrogen (secondary N) is 1. The van der Waals surface area contributed by atoms with Crippen LogP contribution in [0.4, 0.5) is 0 Å². The predicted molar refractivity (Wildman–Crippen MR) is 84.8 cm³/mol. The number of fused-ring (bicyclic) bond motifs is 1. The van der Waals surface area contributed by atoms with Crippen LogP contribution < -0.4 is 5.32 Å². The van der Waals surface area contributed by atoms with Crippen molar-refractivity contribution in [3.63, 3.8) is 0 Å². The maximum Gasteiger partial charge on any atom is 0.179 e. The van der Waals surface area contributed by atoms with E-state index in [1.165, 1.54) is 30.1 Å². The Bertz CT molecular complexity index is 601. The molecule has 4 rings (SSSR count). The van der Waals surface area contributed by atoms with Crippen molar-refractivity contribution in [3.8, 4) is 0 Å². The van der Waals surface area contributed by atoms with Crippen molar-refractivity contribution < 1.29 is 0 Å². The highest BCUT2D eigenvalue weighted by molar-refractivity contribution is 7.07. The number of aromatic nitrogens is 2. The van der Waals surface area contributed by atoms with Gasteiger partial charge in [0.15, 0.2) is 10.8 Å². The number of nitrogens with zero attached hydrogens (tertiary/aromatic N) is 4. The summed E-state index contributed by atoms with van der Waals surface area (Å²) in [5.41, 5.74) is 1.34. The Morgan fingerprint density at radius 2 is 2.19 bits per heavy atom. The summed E-state index contributed by atoms with van der Waals surface area (Å²) in [4.78, 5) is 12.1. The third kappa shape index (κ3) is 2.51. The summed E-state index contributed by atoms with van der Waals surface area (Å²) in [6.45, 7) is 6.35. The first-order valence-electron chi connectivity index (χ1n) is 7.85. The lowest BCUT2D eigenvalue weighted by Crippen LogP contribution is -2.49. The van der Waals surface area contributed by atoms with Gasteiger partial charge in [-0.3, -0.25) is 4.99 Å². The molecule has 0 unspecified atom stereocenters. The zero-order chi connectivity index (χ0) is 14.4. The molecule has 1 N–H and O–H groups in total. The second kappa shape index (κ2) is 5.18. The van der Waals surface area contributed by atoms with Crippen LogP contribution in [0.1, 0.15) is 49.9 Å². The summed E-state index contributed by atoms with van der Waals surface area (Å²) in [5, 5.41) is 4.52. The Balaban J connectivity index is 1.71. The summed E-state index contributed by atoms with van der Waals surface area (Å²) in [7, 11) is 0. The Kier molecular flexibility index (Phi) is 3.30. The third-order valence-electron chi connectivity index (χ3n) is 4.38. The first-order valence-corrected chi connectivity index (χ1v) is 8.62. The quantitative estimate of drug-likeness (QED) is 0.909. The molecule has 112 valence electrons. The average molecular weight is 303 g/mol. The second-order valence-electron chi connectivity index (χ2n) is 6.23. The molecule has 21 heavy (non-hydrogen) atoms. The van der Waals surface area contributed by atoms with Gasteiger partial charge in [-0.05, 0) is 44.6 Å². The Labute approximate surface area is 129 Å². The van der Waals surface area contributed by atoms with Crippen molar-refractivity contribution in [2.24, 2.45) is 4.99 Å². The van der Waals surface area contributed by atoms with E-state index >= 15 is 0 Å². The first-order chi connectivity index (χ1) is 10.2. The van der Waals surface area contributed by atoms with Gasteiger partial charge in [-0.2, -0.15) is 4.37 Å². The summed E-state index contributed by atoms with van der Waals surface area (Å²) in [5.74, 6) is 2.67. The first kappa shape index (κ1) is 13.4. The molecule has 2 fully saturated rings. The van der Waals surface area contributed by atoms with Crippen LogP contribution in [0.3, 0.4) is 0 Å². The zero-order valence-electron chi connectivity index (χ0n) is 12.5.